The quantitative estimate of drug-likeness (QED) is 0.769. The van der Waals surface area contributed by atoms with E-state index in [1.807, 2.05) is 41.2 Å². The molecule has 0 aliphatic heterocycles. The van der Waals surface area contributed by atoms with E-state index in [0.29, 0.717) is 6.61 Å². The van der Waals surface area contributed by atoms with Crippen LogP contribution in [-0.4, -0.2) is 37.2 Å². The van der Waals surface area contributed by atoms with Crippen molar-refractivity contribution >= 4 is 0 Å². The molecule has 0 spiro atoms. The minimum Gasteiger partial charge on any atom is -0.497 e. The molecule has 5 heteroatoms. The second-order valence-electron chi connectivity index (χ2n) is 4.12. The zero-order valence-corrected chi connectivity index (χ0v) is 11.3. The van der Waals surface area contributed by atoms with Gasteiger partial charge in [-0.3, -0.25) is 0 Å². The Balaban J connectivity index is 1.99. The molecule has 0 saturated carbocycles. The molecule has 0 aliphatic rings. The summed E-state index contributed by atoms with van der Waals surface area (Å²) < 4.78 is 12.0. The van der Waals surface area contributed by atoms with E-state index in [1.54, 1.807) is 14.2 Å². The lowest BCUT2D eigenvalue weighted by Gasteiger charge is -2.04. The summed E-state index contributed by atoms with van der Waals surface area (Å²) in [5.41, 5.74) is 1.99. The summed E-state index contributed by atoms with van der Waals surface area (Å²) in [4.78, 5) is 0. The maximum absolute atomic E-state index is 5.21. The topological polar surface area (TPSA) is 48.3 Å². The van der Waals surface area contributed by atoms with Gasteiger partial charge in [-0.05, 0) is 18.2 Å². The molecule has 0 atom stereocenters. The SMILES string of the molecule is COCCNCc1ccn(-c2cccc(OC)c2)n1. The highest BCUT2D eigenvalue weighted by atomic mass is 16.5. The first kappa shape index (κ1) is 13.6. The van der Waals surface area contributed by atoms with E-state index < -0.39 is 0 Å². The number of aromatic nitrogens is 2. The number of methoxy groups -OCH3 is 2. The fourth-order valence-corrected chi connectivity index (χ4v) is 1.74. The van der Waals surface area contributed by atoms with Crippen LogP contribution in [0.1, 0.15) is 5.69 Å². The molecule has 1 N–H and O–H groups in total. The molecule has 5 nitrogen and oxygen atoms in total. The summed E-state index contributed by atoms with van der Waals surface area (Å²) in [5, 5.41) is 7.78. The number of ether oxygens (including phenoxy) is 2. The maximum Gasteiger partial charge on any atom is 0.121 e. The van der Waals surface area contributed by atoms with E-state index in [1.165, 1.54) is 0 Å². The second kappa shape index (κ2) is 6.92. The summed E-state index contributed by atoms with van der Waals surface area (Å²) in [6.45, 7) is 2.26. The normalized spacial score (nSPS) is 10.6. The lowest BCUT2D eigenvalue weighted by Crippen LogP contribution is -2.18. The van der Waals surface area contributed by atoms with Gasteiger partial charge in [0.1, 0.15) is 5.75 Å². The Kier molecular flexibility index (Phi) is 4.94. The molecular weight excluding hydrogens is 242 g/mol. The monoisotopic (exact) mass is 261 g/mol. The van der Waals surface area contributed by atoms with Crippen molar-refractivity contribution in [3.63, 3.8) is 0 Å². The standard InChI is InChI=1S/C14H19N3O2/c1-18-9-7-15-11-12-6-8-17(16-12)13-4-3-5-14(10-13)19-2/h3-6,8,10,15H,7,9,11H2,1-2H3. The van der Waals surface area contributed by atoms with Gasteiger partial charge in [-0.15, -0.1) is 0 Å². The predicted octanol–water partition coefficient (Wildman–Crippen LogP) is 1.62. The van der Waals surface area contributed by atoms with Crippen LogP contribution in [0.2, 0.25) is 0 Å². The Bertz CT molecular complexity index is 511. The minimum atomic E-state index is 0.705. The number of hydrogen-bond donors (Lipinski definition) is 1. The third-order valence-electron chi connectivity index (χ3n) is 2.75. The van der Waals surface area contributed by atoms with Crippen molar-refractivity contribution in [1.82, 2.24) is 15.1 Å². The molecule has 19 heavy (non-hydrogen) atoms. The lowest BCUT2D eigenvalue weighted by molar-refractivity contribution is 0.199. The van der Waals surface area contributed by atoms with Crippen LogP contribution < -0.4 is 10.1 Å². The molecule has 0 amide bonds. The van der Waals surface area contributed by atoms with Gasteiger partial charge in [0.25, 0.3) is 0 Å². The largest absolute Gasteiger partial charge is 0.497 e. The van der Waals surface area contributed by atoms with Crippen LogP contribution >= 0.6 is 0 Å². The molecule has 0 fully saturated rings. The average molecular weight is 261 g/mol. The first-order valence-electron chi connectivity index (χ1n) is 6.22. The van der Waals surface area contributed by atoms with Gasteiger partial charge >= 0.3 is 0 Å². The van der Waals surface area contributed by atoms with Crippen molar-refractivity contribution in [2.24, 2.45) is 0 Å². The molecule has 1 aromatic carbocycles. The number of rotatable bonds is 7. The summed E-state index contributed by atoms with van der Waals surface area (Å²) in [7, 11) is 3.35. The third kappa shape index (κ3) is 3.81. The van der Waals surface area contributed by atoms with E-state index in [0.717, 1.165) is 30.2 Å². The fourth-order valence-electron chi connectivity index (χ4n) is 1.74. The van der Waals surface area contributed by atoms with Crippen molar-refractivity contribution in [3.8, 4) is 11.4 Å². The molecule has 2 aromatic rings. The van der Waals surface area contributed by atoms with Crippen LogP contribution in [-0.2, 0) is 11.3 Å². The predicted molar refractivity (Wildman–Crippen MR) is 73.7 cm³/mol. The molecule has 102 valence electrons. The van der Waals surface area contributed by atoms with Gasteiger partial charge in [-0.25, -0.2) is 4.68 Å². The van der Waals surface area contributed by atoms with Crippen LogP contribution in [0.15, 0.2) is 36.5 Å². The zero-order chi connectivity index (χ0) is 13.5. The van der Waals surface area contributed by atoms with E-state index in [-0.39, 0.29) is 0 Å². The number of nitrogens with one attached hydrogen (secondary N) is 1. The second-order valence-corrected chi connectivity index (χ2v) is 4.12. The summed E-state index contributed by atoms with van der Waals surface area (Å²) in [5.74, 6) is 0.827. The van der Waals surface area contributed by atoms with Gasteiger partial charge in [0, 0.05) is 32.5 Å². The van der Waals surface area contributed by atoms with Gasteiger partial charge in [0.15, 0.2) is 0 Å². The summed E-state index contributed by atoms with van der Waals surface area (Å²) in [6, 6.07) is 9.82. The molecule has 2 rings (SSSR count). The van der Waals surface area contributed by atoms with E-state index >= 15 is 0 Å². The van der Waals surface area contributed by atoms with Gasteiger partial charge in [-0.1, -0.05) is 6.07 Å². The Morgan fingerprint density at radius 2 is 2.16 bits per heavy atom. The molecule has 0 aliphatic carbocycles. The maximum atomic E-state index is 5.21. The fraction of sp³-hybridized carbons (Fsp3) is 0.357. The van der Waals surface area contributed by atoms with Crippen molar-refractivity contribution in [3.05, 3.63) is 42.2 Å². The van der Waals surface area contributed by atoms with Crippen molar-refractivity contribution in [1.29, 1.82) is 0 Å². The van der Waals surface area contributed by atoms with Crippen LogP contribution in [0.3, 0.4) is 0 Å². The highest BCUT2D eigenvalue weighted by Gasteiger charge is 2.02. The molecule has 1 heterocycles. The molecule has 0 bridgehead atoms. The molecule has 1 aromatic heterocycles. The van der Waals surface area contributed by atoms with Crippen molar-refractivity contribution in [2.45, 2.75) is 6.54 Å². The van der Waals surface area contributed by atoms with E-state index in [2.05, 4.69) is 10.4 Å². The Hall–Kier alpha value is -1.85. The lowest BCUT2D eigenvalue weighted by atomic mass is 10.3. The first-order chi connectivity index (χ1) is 9.33. The van der Waals surface area contributed by atoms with Crippen LogP contribution in [0, 0.1) is 0 Å². The average Bonchev–Trinajstić information content (AvgIpc) is 2.92. The molecular formula is C14H19N3O2. The highest BCUT2D eigenvalue weighted by molar-refractivity contribution is 5.38. The minimum absolute atomic E-state index is 0.705. The van der Waals surface area contributed by atoms with Crippen molar-refractivity contribution in [2.75, 3.05) is 27.4 Å². The smallest absolute Gasteiger partial charge is 0.121 e. The zero-order valence-electron chi connectivity index (χ0n) is 11.3. The number of benzene rings is 1. The van der Waals surface area contributed by atoms with Gasteiger partial charge < -0.3 is 14.8 Å². The van der Waals surface area contributed by atoms with Crippen molar-refractivity contribution < 1.29 is 9.47 Å². The van der Waals surface area contributed by atoms with Crippen LogP contribution in [0.25, 0.3) is 5.69 Å². The van der Waals surface area contributed by atoms with E-state index in [9.17, 15) is 0 Å². The van der Waals surface area contributed by atoms with Gasteiger partial charge in [0.05, 0.1) is 25.1 Å². The first-order valence-corrected chi connectivity index (χ1v) is 6.22. The van der Waals surface area contributed by atoms with Gasteiger partial charge in [0.2, 0.25) is 0 Å². The number of nitrogens with zero attached hydrogens (tertiary/aromatic N) is 2. The Morgan fingerprint density at radius 3 is 2.95 bits per heavy atom. The van der Waals surface area contributed by atoms with E-state index in [4.69, 9.17) is 9.47 Å². The highest BCUT2D eigenvalue weighted by Crippen LogP contribution is 2.15. The Labute approximate surface area is 113 Å². The molecule has 0 saturated heterocycles. The summed E-state index contributed by atoms with van der Waals surface area (Å²) in [6.07, 6.45) is 1.95. The number of hydrogen-bond acceptors (Lipinski definition) is 4. The Morgan fingerprint density at radius 1 is 1.26 bits per heavy atom. The van der Waals surface area contributed by atoms with Crippen LogP contribution in [0.5, 0.6) is 5.75 Å². The molecule has 0 radical (unpaired) electrons. The molecule has 0 unspecified atom stereocenters. The summed E-state index contributed by atoms with van der Waals surface area (Å²) >= 11 is 0. The van der Waals surface area contributed by atoms with Gasteiger partial charge in [-0.2, -0.15) is 5.10 Å². The van der Waals surface area contributed by atoms with Crippen LogP contribution in [0.4, 0.5) is 0 Å². The third-order valence-corrected chi connectivity index (χ3v) is 2.75.